The fraction of sp³-hybridized carbons (Fsp3) is 0.529. The molecule has 0 fully saturated rings. The van der Waals surface area contributed by atoms with Crippen molar-refractivity contribution >= 4 is 0 Å². The van der Waals surface area contributed by atoms with Gasteiger partial charge in [0.15, 0.2) is 0 Å². The van der Waals surface area contributed by atoms with Gasteiger partial charge in [0.1, 0.15) is 5.75 Å². The molecule has 0 spiro atoms. The van der Waals surface area contributed by atoms with Crippen molar-refractivity contribution in [3.8, 4) is 18.1 Å². The molecule has 1 atom stereocenters. The summed E-state index contributed by atoms with van der Waals surface area (Å²) in [6, 6.07) is 4.17. The number of hydrogen-bond donors (Lipinski definition) is 1. The summed E-state index contributed by atoms with van der Waals surface area (Å²) in [6.07, 6.45) is 10.4. The molecule has 1 aromatic carbocycles. The quantitative estimate of drug-likeness (QED) is 0.742. The Labute approximate surface area is 111 Å². The molecule has 0 radical (unpaired) electrons. The fourth-order valence-electron chi connectivity index (χ4n) is 2.14. The standard InChI is InChI=1S/C17H24O/c1-5-7-8-15-11-14(4)12-16(17(15)18)10-9-13(3)6-2/h2,11-13,18H,5,7-10H2,1,3-4H3. The Balaban J connectivity index is 2.84. The van der Waals surface area contributed by atoms with Gasteiger partial charge < -0.3 is 5.11 Å². The van der Waals surface area contributed by atoms with Crippen LogP contribution in [0.3, 0.4) is 0 Å². The van der Waals surface area contributed by atoms with Gasteiger partial charge in [0, 0.05) is 5.92 Å². The smallest absolute Gasteiger partial charge is 0.121 e. The molecule has 0 saturated carbocycles. The Kier molecular flexibility index (Phi) is 5.78. The van der Waals surface area contributed by atoms with Crippen LogP contribution in [0.5, 0.6) is 5.75 Å². The molecule has 0 aliphatic rings. The van der Waals surface area contributed by atoms with Crippen molar-refractivity contribution in [3.63, 3.8) is 0 Å². The summed E-state index contributed by atoms with van der Waals surface area (Å²) in [7, 11) is 0. The van der Waals surface area contributed by atoms with Gasteiger partial charge in [-0.1, -0.05) is 38.0 Å². The zero-order valence-electron chi connectivity index (χ0n) is 11.8. The molecule has 1 rings (SSSR count). The Morgan fingerprint density at radius 1 is 1.28 bits per heavy atom. The highest BCUT2D eigenvalue weighted by molar-refractivity contribution is 5.43. The Bertz CT molecular complexity index is 426. The van der Waals surface area contributed by atoms with E-state index in [1.807, 2.05) is 6.92 Å². The van der Waals surface area contributed by atoms with E-state index in [-0.39, 0.29) is 5.92 Å². The maximum absolute atomic E-state index is 10.3. The highest BCUT2D eigenvalue weighted by Gasteiger charge is 2.09. The van der Waals surface area contributed by atoms with Crippen LogP contribution in [0.15, 0.2) is 12.1 Å². The van der Waals surface area contributed by atoms with Crippen LogP contribution in [-0.4, -0.2) is 5.11 Å². The highest BCUT2D eigenvalue weighted by atomic mass is 16.3. The van der Waals surface area contributed by atoms with Crippen molar-refractivity contribution in [3.05, 3.63) is 28.8 Å². The normalized spacial score (nSPS) is 12.1. The monoisotopic (exact) mass is 244 g/mol. The molecule has 0 aromatic heterocycles. The third kappa shape index (κ3) is 4.11. The topological polar surface area (TPSA) is 20.2 Å². The number of hydrogen-bond acceptors (Lipinski definition) is 1. The molecular weight excluding hydrogens is 220 g/mol. The SMILES string of the molecule is C#CC(C)CCc1cc(C)cc(CCCC)c1O. The third-order valence-corrected chi connectivity index (χ3v) is 3.34. The minimum absolute atomic E-state index is 0.268. The van der Waals surface area contributed by atoms with Crippen LogP contribution in [0.1, 0.15) is 49.8 Å². The van der Waals surface area contributed by atoms with Crippen LogP contribution in [0.25, 0.3) is 0 Å². The molecule has 0 saturated heterocycles. The predicted octanol–water partition coefficient (Wildman–Crippen LogP) is 4.25. The zero-order chi connectivity index (χ0) is 13.5. The van der Waals surface area contributed by atoms with Crippen molar-refractivity contribution in [1.82, 2.24) is 0 Å². The average Bonchev–Trinajstić information content (AvgIpc) is 2.37. The summed E-state index contributed by atoms with van der Waals surface area (Å²) >= 11 is 0. The van der Waals surface area contributed by atoms with Gasteiger partial charge in [-0.25, -0.2) is 0 Å². The van der Waals surface area contributed by atoms with E-state index in [9.17, 15) is 5.11 Å². The first kappa shape index (κ1) is 14.6. The third-order valence-electron chi connectivity index (χ3n) is 3.34. The summed E-state index contributed by atoms with van der Waals surface area (Å²) in [4.78, 5) is 0. The Morgan fingerprint density at radius 2 is 1.89 bits per heavy atom. The summed E-state index contributed by atoms with van der Waals surface area (Å²) in [5.41, 5.74) is 3.35. The van der Waals surface area contributed by atoms with Crippen LogP contribution in [0.2, 0.25) is 0 Å². The molecule has 0 amide bonds. The van der Waals surface area contributed by atoms with Crippen LogP contribution < -0.4 is 0 Å². The summed E-state index contributed by atoms with van der Waals surface area (Å²) < 4.78 is 0. The van der Waals surface area contributed by atoms with Gasteiger partial charge in [0.2, 0.25) is 0 Å². The predicted molar refractivity (Wildman–Crippen MR) is 77.8 cm³/mol. The molecule has 1 N–H and O–H groups in total. The number of phenolic OH excluding ortho intramolecular Hbond substituents is 1. The number of terminal acetylenes is 1. The van der Waals surface area contributed by atoms with E-state index in [1.165, 1.54) is 5.56 Å². The summed E-state index contributed by atoms with van der Waals surface area (Å²) in [6.45, 7) is 6.30. The first-order chi connectivity index (χ1) is 8.58. The van der Waals surface area contributed by atoms with Crippen LogP contribution in [0.4, 0.5) is 0 Å². The van der Waals surface area contributed by atoms with Gasteiger partial charge in [-0.05, 0) is 43.7 Å². The van der Waals surface area contributed by atoms with Gasteiger partial charge in [0.05, 0.1) is 0 Å². The minimum Gasteiger partial charge on any atom is -0.507 e. The zero-order valence-corrected chi connectivity index (χ0v) is 11.8. The van der Waals surface area contributed by atoms with Crippen LogP contribution in [-0.2, 0) is 12.8 Å². The number of rotatable bonds is 6. The second-order valence-corrected chi connectivity index (χ2v) is 5.14. The van der Waals surface area contributed by atoms with E-state index in [1.54, 1.807) is 0 Å². The number of aromatic hydroxyl groups is 1. The molecule has 1 nitrogen and oxygen atoms in total. The van der Waals surface area contributed by atoms with Crippen molar-refractivity contribution in [2.75, 3.05) is 0 Å². The Morgan fingerprint density at radius 3 is 2.44 bits per heavy atom. The number of phenols is 1. The van der Waals surface area contributed by atoms with Crippen molar-refractivity contribution in [2.45, 2.75) is 52.9 Å². The van der Waals surface area contributed by atoms with Gasteiger partial charge >= 0.3 is 0 Å². The molecular formula is C17H24O. The molecule has 0 aliphatic carbocycles. The van der Waals surface area contributed by atoms with E-state index in [4.69, 9.17) is 6.42 Å². The van der Waals surface area contributed by atoms with Gasteiger partial charge in [0.25, 0.3) is 0 Å². The van der Waals surface area contributed by atoms with Crippen molar-refractivity contribution in [2.24, 2.45) is 5.92 Å². The fourth-order valence-corrected chi connectivity index (χ4v) is 2.14. The lowest BCUT2D eigenvalue weighted by Gasteiger charge is -2.12. The van der Waals surface area contributed by atoms with E-state index < -0.39 is 0 Å². The molecule has 18 heavy (non-hydrogen) atoms. The number of unbranched alkanes of at least 4 members (excludes halogenated alkanes) is 1. The highest BCUT2D eigenvalue weighted by Crippen LogP contribution is 2.27. The largest absolute Gasteiger partial charge is 0.507 e. The lowest BCUT2D eigenvalue weighted by atomic mass is 9.95. The van der Waals surface area contributed by atoms with E-state index in [0.29, 0.717) is 5.75 Å². The second kappa shape index (κ2) is 7.11. The van der Waals surface area contributed by atoms with E-state index in [2.05, 4.69) is 31.9 Å². The van der Waals surface area contributed by atoms with E-state index in [0.717, 1.165) is 43.2 Å². The molecule has 1 heteroatoms. The number of aryl methyl sites for hydroxylation is 3. The van der Waals surface area contributed by atoms with Crippen LogP contribution >= 0.6 is 0 Å². The minimum atomic E-state index is 0.268. The first-order valence-corrected chi connectivity index (χ1v) is 6.86. The molecule has 0 bridgehead atoms. The van der Waals surface area contributed by atoms with E-state index >= 15 is 0 Å². The molecule has 0 aliphatic heterocycles. The summed E-state index contributed by atoms with van der Waals surface area (Å²) in [5, 5.41) is 10.3. The second-order valence-electron chi connectivity index (χ2n) is 5.14. The van der Waals surface area contributed by atoms with Crippen molar-refractivity contribution in [1.29, 1.82) is 0 Å². The maximum atomic E-state index is 10.3. The molecule has 0 heterocycles. The average molecular weight is 244 g/mol. The lowest BCUT2D eigenvalue weighted by Crippen LogP contribution is -1.98. The molecule has 1 aromatic rings. The van der Waals surface area contributed by atoms with Gasteiger partial charge in [-0.3, -0.25) is 0 Å². The van der Waals surface area contributed by atoms with Crippen molar-refractivity contribution < 1.29 is 5.11 Å². The van der Waals surface area contributed by atoms with Gasteiger partial charge in [-0.2, -0.15) is 0 Å². The Hall–Kier alpha value is -1.42. The first-order valence-electron chi connectivity index (χ1n) is 6.86. The summed E-state index contributed by atoms with van der Waals surface area (Å²) in [5.74, 6) is 3.49. The number of benzene rings is 1. The molecule has 1 unspecified atom stereocenters. The lowest BCUT2D eigenvalue weighted by molar-refractivity contribution is 0.457. The molecule has 98 valence electrons. The van der Waals surface area contributed by atoms with Gasteiger partial charge in [-0.15, -0.1) is 12.3 Å². The maximum Gasteiger partial charge on any atom is 0.121 e. The van der Waals surface area contributed by atoms with Crippen LogP contribution in [0, 0.1) is 25.2 Å².